The van der Waals surface area contributed by atoms with E-state index in [9.17, 15) is 9.90 Å². The summed E-state index contributed by atoms with van der Waals surface area (Å²) in [6.45, 7) is 20.0. The first-order chi connectivity index (χ1) is 21.6. The van der Waals surface area contributed by atoms with Crippen LogP contribution in [-0.2, 0) is 6.42 Å². The maximum Gasteiger partial charge on any atom is 0.319 e. The molecule has 0 bridgehead atoms. The zero-order chi connectivity index (χ0) is 33.8. The standard InChI is InChI=1S/C40H50O4Si2/c1-10-17-31-28-30(23-27-38(31)44-45(8,9)39(2,3)4)22-26-36(41)35-25-24-32(29-37(35)42)43-46(40(5,6)7,33-18-13-11-14-19-33)34-20-15-12-16-21-34/h11-16,18-29,42H,10,17H2,1-9H3/b26-22+. The van der Waals surface area contributed by atoms with E-state index >= 15 is 0 Å². The second-order valence-corrected chi connectivity index (χ2v) is 23.6. The third-order valence-corrected chi connectivity index (χ3v) is 18.4. The molecule has 242 valence electrons. The van der Waals surface area contributed by atoms with Gasteiger partial charge in [-0.05, 0) is 81.4 Å². The maximum absolute atomic E-state index is 13.3. The van der Waals surface area contributed by atoms with E-state index in [1.165, 1.54) is 6.08 Å². The third-order valence-electron chi connectivity index (χ3n) is 9.12. The third kappa shape index (κ3) is 7.56. The molecule has 46 heavy (non-hydrogen) atoms. The first-order valence-electron chi connectivity index (χ1n) is 16.3. The Labute approximate surface area is 278 Å². The highest BCUT2D eigenvalue weighted by Crippen LogP contribution is 2.40. The molecule has 0 saturated carbocycles. The molecule has 0 aliphatic heterocycles. The molecule has 0 fully saturated rings. The monoisotopic (exact) mass is 650 g/mol. The van der Waals surface area contributed by atoms with Gasteiger partial charge < -0.3 is 14.0 Å². The first-order valence-corrected chi connectivity index (χ1v) is 21.1. The number of aromatic hydroxyl groups is 1. The lowest BCUT2D eigenvalue weighted by atomic mass is 10.0. The van der Waals surface area contributed by atoms with Crippen molar-refractivity contribution in [2.75, 3.05) is 0 Å². The van der Waals surface area contributed by atoms with Crippen LogP contribution >= 0.6 is 0 Å². The van der Waals surface area contributed by atoms with E-state index in [-0.39, 0.29) is 27.2 Å². The molecule has 4 nitrogen and oxygen atoms in total. The summed E-state index contributed by atoms with van der Waals surface area (Å²) < 4.78 is 13.7. The van der Waals surface area contributed by atoms with Gasteiger partial charge in [0, 0.05) is 6.07 Å². The van der Waals surface area contributed by atoms with Gasteiger partial charge in [0.2, 0.25) is 8.32 Å². The van der Waals surface area contributed by atoms with Gasteiger partial charge in [0.25, 0.3) is 0 Å². The van der Waals surface area contributed by atoms with Crippen molar-refractivity contribution < 1.29 is 18.8 Å². The van der Waals surface area contributed by atoms with Crippen molar-refractivity contribution in [1.82, 2.24) is 0 Å². The minimum absolute atomic E-state index is 0.101. The summed E-state index contributed by atoms with van der Waals surface area (Å²) in [6.07, 6.45) is 5.23. The summed E-state index contributed by atoms with van der Waals surface area (Å²) in [5.41, 5.74) is 2.30. The number of allylic oxidation sites excluding steroid dienone is 1. The normalized spacial score (nSPS) is 12.7. The molecule has 0 aliphatic rings. The number of hydrogen-bond acceptors (Lipinski definition) is 4. The lowest BCUT2D eigenvalue weighted by molar-refractivity contribution is 0.104. The number of hydrogen-bond donors (Lipinski definition) is 1. The number of ketones is 1. The number of phenols is 1. The predicted octanol–water partition coefficient (Wildman–Crippen LogP) is 9.56. The molecule has 4 aromatic carbocycles. The number of phenolic OH excluding ortho intramolecular Hbond substituents is 1. The van der Waals surface area contributed by atoms with E-state index in [1.54, 1.807) is 18.2 Å². The zero-order valence-electron chi connectivity index (χ0n) is 29.0. The summed E-state index contributed by atoms with van der Waals surface area (Å²) in [4.78, 5) is 13.3. The van der Waals surface area contributed by atoms with Gasteiger partial charge in [0.05, 0.1) is 5.56 Å². The summed E-state index contributed by atoms with van der Waals surface area (Å²) in [6, 6.07) is 31.9. The van der Waals surface area contributed by atoms with Gasteiger partial charge in [-0.2, -0.15) is 0 Å². The van der Waals surface area contributed by atoms with Crippen LogP contribution in [0.4, 0.5) is 0 Å². The zero-order valence-corrected chi connectivity index (χ0v) is 31.0. The minimum Gasteiger partial charge on any atom is -0.543 e. The number of rotatable bonds is 11. The molecule has 0 spiro atoms. The Balaban J connectivity index is 1.62. The van der Waals surface area contributed by atoms with Gasteiger partial charge in [0.15, 0.2) is 5.78 Å². The van der Waals surface area contributed by atoms with Gasteiger partial charge >= 0.3 is 8.32 Å². The molecule has 0 radical (unpaired) electrons. The van der Waals surface area contributed by atoms with Crippen LogP contribution in [0.15, 0.2) is 103 Å². The number of carbonyl (C=O) groups is 1. The van der Waals surface area contributed by atoms with Crippen molar-refractivity contribution in [2.45, 2.75) is 84.5 Å². The van der Waals surface area contributed by atoms with Gasteiger partial charge in [-0.1, -0.05) is 128 Å². The Morgan fingerprint density at radius 2 is 1.35 bits per heavy atom. The number of aryl methyl sites for hydroxylation is 1. The van der Waals surface area contributed by atoms with Crippen LogP contribution in [0.3, 0.4) is 0 Å². The first kappa shape index (κ1) is 35.0. The lowest BCUT2D eigenvalue weighted by Gasteiger charge is -2.43. The van der Waals surface area contributed by atoms with Gasteiger partial charge in [-0.25, -0.2) is 0 Å². The minimum atomic E-state index is -2.88. The fourth-order valence-electron chi connectivity index (χ4n) is 5.57. The molecule has 6 heteroatoms. The predicted molar refractivity (Wildman–Crippen MR) is 198 cm³/mol. The Morgan fingerprint density at radius 3 is 1.85 bits per heavy atom. The summed E-state index contributed by atoms with van der Waals surface area (Å²) in [7, 11) is -4.86. The highest BCUT2D eigenvalue weighted by Gasteiger charge is 2.52. The average molecular weight is 651 g/mol. The average Bonchev–Trinajstić information content (AvgIpc) is 2.99. The van der Waals surface area contributed by atoms with Crippen LogP contribution in [0.5, 0.6) is 17.2 Å². The van der Waals surface area contributed by atoms with E-state index in [4.69, 9.17) is 8.85 Å². The maximum atomic E-state index is 13.3. The fraction of sp³-hybridized carbons (Fsp3) is 0.325. The van der Waals surface area contributed by atoms with Crippen molar-refractivity contribution in [3.63, 3.8) is 0 Å². The van der Waals surface area contributed by atoms with E-state index in [1.807, 2.05) is 54.6 Å². The molecule has 0 aromatic heterocycles. The molecule has 0 heterocycles. The molecule has 0 unspecified atom stereocenters. The van der Waals surface area contributed by atoms with Crippen LogP contribution < -0.4 is 19.2 Å². The van der Waals surface area contributed by atoms with Crippen molar-refractivity contribution in [2.24, 2.45) is 0 Å². The molecule has 0 aliphatic carbocycles. The molecule has 0 amide bonds. The number of benzene rings is 4. The largest absolute Gasteiger partial charge is 0.543 e. The Kier molecular flexibility index (Phi) is 10.5. The highest BCUT2D eigenvalue weighted by atomic mass is 28.4. The van der Waals surface area contributed by atoms with Crippen LogP contribution in [0, 0.1) is 0 Å². The second-order valence-electron chi connectivity index (χ2n) is 14.6. The molecule has 0 atom stereocenters. The fourth-order valence-corrected chi connectivity index (χ4v) is 11.0. The topological polar surface area (TPSA) is 55.8 Å². The van der Waals surface area contributed by atoms with Crippen LogP contribution in [0.1, 0.15) is 76.4 Å². The van der Waals surface area contributed by atoms with Crippen LogP contribution in [0.2, 0.25) is 23.2 Å². The Bertz CT molecular complexity index is 1620. The summed E-state index contributed by atoms with van der Waals surface area (Å²) in [5, 5.41) is 13.2. The van der Waals surface area contributed by atoms with E-state index in [0.29, 0.717) is 5.75 Å². The van der Waals surface area contributed by atoms with Gasteiger partial charge in [-0.3, -0.25) is 4.79 Å². The second kappa shape index (κ2) is 13.9. The van der Waals surface area contributed by atoms with Crippen LogP contribution in [0.25, 0.3) is 6.08 Å². The van der Waals surface area contributed by atoms with E-state index < -0.39 is 16.6 Å². The smallest absolute Gasteiger partial charge is 0.319 e. The highest BCUT2D eigenvalue weighted by molar-refractivity contribution is 7.00. The molecular weight excluding hydrogens is 601 g/mol. The molecular formula is C40H50O4Si2. The van der Waals surface area contributed by atoms with Gasteiger partial charge in [-0.15, -0.1) is 0 Å². The molecule has 0 saturated heterocycles. The summed E-state index contributed by atoms with van der Waals surface area (Å²) >= 11 is 0. The Morgan fingerprint density at radius 1 is 0.761 bits per heavy atom. The van der Waals surface area contributed by atoms with E-state index in [0.717, 1.165) is 40.1 Å². The van der Waals surface area contributed by atoms with Crippen molar-refractivity contribution in [3.05, 3.63) is 120 Å². The van der Waals surface area contributed by atoms with Crippen molar-refractivity contribution >= 4 is 38.9 Å². The quantitative estimate of drug-likeness (QED) is 0.0998. The molecule has 4 rings (SSSR count). The lowest BCUT2D eigenvalue weighted by Crippen LogP contribution is -2.68. The Hall–Kier alpha value is -3.88. The van der Waals surface area contributed by atoms with Crippen molar-refractivity contribution in [3.8, 4) is 17.2 Å². The number of carbonyl (C=O) groups excluding carboxylic acids is 1. The summed E-state index contributed by atoms with van der Waals surface area (Å²) in [5.74, 6) is 1.10. The SMILES string of the molecule is CCCc1cc(/C=C/C(=O)c2ccc(O[Si](c3ccccc3)(c3ccccc3)C(C)(C)C)cc2O)ccc1O[Si](C)(C)C(C)(C)C. The molecule has 1 N–H and O–H groups in total. The van der Waals surface area contributed by atoms with Gasteiger partial charge in [0.1, 0.15) is 17.2 Å². The molecule has 4 aromatic rings. The van der Waals surface area contributed by atoms with Crippen molar-refractivity contribution in [1.29, 1.82) is 0 Å². The van der Waals surface area contributed by atoms with Crippen LogP contribution in [-0.4, -0.2) is 27.5 Å². The van der Waals surface area contributed by atoms with E-state index in [2.05, 4.69) is 91.9 Å².